The Kier molecular flexibility index (Phi) is 6.54. The lowest BCUT2D eigenvalue weighted by Crippen LogP contribution is -2.36. The molecule has 0 aromatic heterocycles. The second-order valence-corrected chi connectivity index (χ2v) is 6.46. The summed E-state index contributed by atoms with van der Waals surface area (Å²) in [6, 6.07) is 16.6. The fourth-order valence-corrected chi connectivity index (χ4v) is 3.05. The van der Waals surface area contributed by atoms with Crippen LogP contribution in [-0.4, -0.2) is 54.9 Å². The first-order valence-electron chi connectivity index (χ1n) is 9.10. The van der Waals surface area contributed by atoms with E-state index in [-0.39, 0.29) is 18.6 Å². The second-order valence-electron chi connectivity index (χ2n) is 6.46. The lowest BCUT2D eigenvalue weighted by molar-refractivity contribution is -0.133. The van der Waals surface area contributed by atoms with Crippen LogP contribution in [0.1, 0.15) is 12.8 Å². The highest BCUT2D eigenvalue weighted by atomic mass is 16.5. The highest BCUT2D eigenvalue weighted by Crippen LogP contribution is 2.23. The van der Waals surface area contributed by atoms with Crippen LogP contribution < -0.4 is 14.2 Å². The van der Waals surface area contributed by atoms with Crippen LogP contribution in [-0.2, 0) is 4.79 Å². The van der Waals surface area contributed by atoms with Crippen molar-refractivity contribution < 1.29 is 24.1 Å². The molecule has 1 saturated heterocycles. The number of rotatable bonds is 6. The molecule has 3 rings (SSSR count). The van der Waals surface area contributed by atoms with Crippen LogP contribution in [0.25, 0.3) is 0 Å². The largest absolute Gasteiger partial charge is 0.497 e. The van der Waals surface area contributed by atoms with E-state index in [2.05, 4.69) is 0 Å². The topological polar surface area (TPSA) is 68.2 Å². The fraction of sp³-hybridized carbons (Fsp3) is 0.381. The van der Waals surface area contributed by atoms with Gasteiger partial charge < -0.3 is 24.2 Å². The van der Waals surface area contributed by atoms with E-state index in [9.17, 15) is 9.90 Å². The molecule has 1 N–H and O–H groups in total. The summed E-state index contributed by atoms with van der Waals surface area (Å²) in [6.45, 7) is 0.986. The zero-order valence-corrected chi connectivity index (χ0v) is 15.4. The van der Waals surface area contributed by atoms with Crippen molar-refractivity contribution in [1.82, 2.24) is 4.90 Å². The lowest BCUT2D eigenvalue weighted by Gasteiger charge is -2.22. The van der Waals surface area contributed by atoms with Crippen molar-refractivity contribution in [2.24, 2.45) is 0 Å². The molecule has 144 valence electrons. The molecule has 0 saturated carbocycles. The highest BCUT2D eigenvalue weighted by molar-refractivity contribution is 5.77. The van der Waals surface area contributed by atoms with Crippen LogP contribution in [0.5, 0.6) is 17.2 Å². The van der Waals surface area contributed by atoms with Gasteiger partial charge in [0.15, 0.2) is 6.61 Å². The van der Waals surface area contributed by atoms with Crippen molar-refractivity contribution in [3.63, 3.8) is 0 Å². The van der Waals surface area contributed by atoms with Gasteiger partial charge in [-0.1, -0.05) is 24.3 Å². The van der Waals surface area contributed by atoms with Gasteiger partial charge in [-0.15, -0.1) is 0 Å². The van der Waals surface area contributed by atoms with Crippen LogP contribution in [0.2, 0.25) is 0 Å². The number of nitrogens with zero attached hydrogens (tertiary/aromatic N) is 1. The summed E-state index contributed by atoms with van der Waals surface area (Å²) in [7, 11) is 1.60. The third-order valence-corrected chi connectivity index (χ3v) is 4.59. The number of benzene rings is 2. The Morgan fingerprint density at radius 3 is 2.52 bits per heavy atom. The summed E-state index contributed by atoms with van der Waals surface area (Å²) >= 11 is 0. The Morgan fingerprint density at radius 2 is 1.74 bits per heavy atom. The minimum atomic E-state index is -0.635. The predicted molar refractivity (Wildman–Crippen MR) is 101 cm³/mol. The third kappa shape index (κ3) is 5.37. The van der Waals surface area contributed by atoms with Gasteiger partial charge in [0, 0.05) is 25.6 Å². The van der Waals surface area contributed by atoms with Crippen LogP contribution in [0.15, 0.2) is 54.6 Å². The number of carbonyl (C=O) groups is 1. The molecule has 0 radical (unpaired) electrons. The number of methoxy groups -OCH3 is 1. The Balaban J connectivity index is 1.54. The van der Waals surface area contributed by atoms with Gasteiger partial charge in [-0.05, 0) is 30.7 Å². The van der Waals surface area contributed by atoms with Gasteiger partial charge >= 0.3 is 0 Å². The van der Waals surface area contributed by atoms with Gasteiger partial charge in [0.05, 0.1) is 13.2 Å². The van der Waals surface area contributed by atoms with Crippen molar-refractivity contribution in [2.45, 2.75) is 25.0 Å². The first kappa shape index (κ1) is 19.0. The number of ether oxygens (including phenoxy) is 3. The summed E-state index contributed by atoms with van der Waals surface area (Å²) in [5, 5.41) is 10.4. The van der Waals surface area contributed by atoms with Gasteiger partial charge in [-0.3, -0.25) is 4.79 Å². The normalized spacial score (nSPS) is 19.9. The van der Waals surface area contributed by atoms with Gasteiger partial charge in [-0.25, -0.2) is 0 Å². The Labute approximate surface area is 159 Å². The second kappa shape index (κ2) is 9.28. The molecule has 1 heterocycles. The van der Waals surface area contributed by atoms with Gasteiger partial charge in [-0.2, -0.15) is 0 Å². The maximum atomic E-state index is 12.4. The minimum Gasteiger partial charge on any atom is -0.497 e. The molecule has 0 spiro atoms. The number of hydrogen-bond acceptors (Lipinski definition) is 5. The van der Waals surface area contributed by atoms with E-state index in [1.54, 1.807) is 18.1 Å². The standard InChI is InChI=1S/C21H25NO5/c1-25-17-8-5-9-18(14-17)27-20-11-13-22(12-10-19(20)23)21(24)15-26-16-6-3-2-4-7-16/h2-9,14,19-20,23H,10-13,15H2,1H3/t19-,20-/m0/s1. The lowest BCUT2D eigenvalue weighted by atomic mass is 10.1. The summed E-state index contributed by atoms with van der Waals surface area (Å²) in [5.41, 5.74) is 0. The van der Waals surface area contributed by atoms with Crippen LogP contribution in [0, 0.1) is 0 Å². The Morgan fingerprint density at radius 1 is 1.04 bits per heavy atom. The molecular weight excluding hydrogens is 346 g/mol. The Bertz CT molecular complexity index is 736. The number of amides is 1. The first-order chi connectivity index (χ1) is 13.2. The number of para-hydroxylation sites is 1. The molecule has 27 heavy (non-hydrogen) atoms. The van der Waals surface area contributed by atoms with E-state index in [1.807, 2.05) is 48.5 Å². The molecular formula is C21H25NO5. The average molecular weight is 371 g/mol. The maximum Gasteiger partial charge on any atom is 0.260 e. The zero-order chi connectivity index (χ0) is 19.1. The number of likely N-dealkylation sites (tertiary alicyclic amines) is 1. The summed E-state index contributed by atoms with van der Waals surface area (Å²) in [6.07, 6.45) is 0.00948. The van der Waals surface area contributed by atoms with E-state index in [1.165, 1.54) is 0 Å². The van der Waals surface area contributed by atoms with Crippen molar-refractivity contribution in [3.8, 4) is 17.2 Å². The molecule has 6 nitrogen and oxygen atoms in total. The summed E-state index contributed by atoms with van der Waals surface area (Å²) < 4.78 is 16.7. The van der Waals surface area contributed by atoms with Gasteiger partial charge in [0.25, 0.3) is 5.91 Å². The molecule has 1 aliphatic rings. The molecule has 6 heteroatoms. The van der Waals surface area contributed by atoms with Crippen molar-refractivity contribution in [3.05, 3.63) is 54.6 Å². The third-order valence-electron chi connectivity index (χ3n) is 4.59. The molecule has 1 amide bonds. The number of aliphatic hydroxyl groups is 1. The zero-order valence-electron chi connectivity index (χ0n) is 15.4. The molecule has 0 unspecified atom stereocenters. The minimum absolute atomic E-state index is 0.0124. The summed E-state index contributed by atoms with van der Waals surface area (Å²) in [4.78, 5) is 14.2. The summed E-state index contributed by atoms with van der Waals surface area (Å²) in [5.74, 6) is 1.92. The van der Waals surface area contributed by atoms with E-state index in [0.717, 1.165) is 0 Å². The SMILES string of the molecule is COc1cccc(O[C@H]2CCN(C(=O)COc3ccccc3)CC[C@@H]2O)c1. The molecule has 1 fully saturated rings. The van der Waals surface area contributed by atoms with Crippen LogP contribution in [0.4, 0.5) is 0 Å². The van der Waals surface area contributed by atoms with Gasteiger partial charge in [0.1, 0.15) is 23.4 Å². The van der Waals surface area contributed by atoms with Crippen LogP contribution in [0.3, 0.4) is 0 Å². The molecule has 2 aromatic rings. The highest BCUT2D eigenvalue weighted by Gasteiger charge is 2.28. The smallest absolute Gasteiger partial charge is 0.260 e. The maximum absolute atomic E-state index is 12.4. The molecule has 2 atom stereocenters. The van der Waals surface area contributed by atoms with E-state index < -0.39 is 6.10 Å². The van der Waals surface area contributed by atoms with Gasteiger partial charge in [0.2, 0.25) is 0 Å². The fourth-order valence-electron chi connectivity index (χ4n) is 3.05. The van der Waals surface area contributed by atoms with E-state index >= 15 is 0 Å². The molecule has 1 aliphatic heterocycles. The van der Waals surface area contributed by atoms with Crippen molar-refractivity contribution >= 4 is 5.91 Å². The average Bonchev–Trinajstić information content (AvgIpc) is 2.89. The van der Waals surface area contributed by atoms with Crippen molar-refractivity contribution in [2.75, 3.05) is 26.8 Å². The molecule has 0 aliphatic carbocycles. The van der Waals surface area contributed by atoms with E-state index in [4.69, 9.17) is 14.2 Å². The number of hydrogen-bond donors (Lipinski definition) is 1. The van der Waals surface area contributed by atoms with Crippen LogP contribution >= 0.6 is 0 Å². The molecule has 0 bridgehead atoms. The number of aliphatic hydroxyl groups excluding tert-OH is 1. The first-order valence-corrected chi connectivity index (χ1v) is 9.10. The quantitative estimate of drug-likeness (QED) is 0.845. The van der Waals surface area contributed by atoms with E-state index in [0.29, 0.717) is 43.2 Å². The molecule has 2 aromatic carbocycles. The predicted octanol–water partition coefficient (Wildman–Crippen LogP) is 2.50. The monoisotopic (exact) mass is 371 g/mol. The Hall–Kier alpha value is -2.73. The number of carbonyl (C=O) groups excluding carboxylic acids is 1. The van der Waals surface area contributed by atoms with Crippen molar-refractivity contribution in [1.29, 1.82) is 0 Å².